The van der Waals surface area contributed by atoms with E-state index in [1.54, 1.807) is 13.1 Å². The van der Waals surface area contributed by atoms with E-state index in [4.69, 9.17) is 28.9 Å². The zero-order valence-corrected chi connectivity index (χ0v) is 24.2. The molecule has 2 N–H and O–H groups in total. The van der Waals surface area contributed by atoms with Crippen molar-refractivity contribution in [2.24, 2.45) is 0 Å². The third-order valence-electron chi connectivity index (χ3n) is 8.16. The summed E-state index contributed by atoms with van der Waals surface area (Å²) in [6.45, 7) is 6.55. The molecule has 2 aromatic heterocycles. The molecule has 0 atom stereocenters. The Morgan fingerprint density at radius 1 is 0.952 bits per heavy atom. The number of anilines is 3. The molecule has 2 aliphatic heterocycles. The van der Waals surface area contributed by atoms with E-state index < -0.39 is 5.97 Å². The molecule has 224 valence electrons. The molecule has 2 saturated heterocycles. The number of nitrogens with zero attached hydrogens (tertiary/aromatic N) is 4. The minimum Gasteiger partial charge on any atom is -0.474 e. The third-order valence-corrected chi connectivity index (χ3v) is 8.16. The van der Waals surface area contributed by atoms with Gasteiger partial charge >= 0.3 is 5.97 Å². The summed E-state index contributed by atoms with van der Waals surface area (Å²) in [4.78, 5) is 29.0. The second-order valence-corrected chi connectivity index (χ2v) is 11.0. The van der Waals surface area contributed by atoms with Crippen molar-refractivity contribution in [3.63, 3.8) is 0 Å². The first-order valence-electron chi connectivity index (χ1n) is 15.2. The highest BCUT2D eigenvalue weighted by molar-refractivity contribution is 5.94. The van der Waals surface area contributed by atoms with Gasteiger partial charge in [0, 0.05) is 50.0 Å². The minimum absolute atomic E-state index is 0.0803. The molecule has 42 heavy (non-hydrogen) atoms. The van der Waals surface area contributed by atoms with E-state index in [-0.39, 0.29) is 18.2 Å². The number of morpholine rings is 1. The van der Waals surface area contributed by atoms with Crippen LogP contribution in [0, 0.1) is 0 Å². The number of ether oxygens (including phenoxy) is 4. The molecule has 11 heteroatoms. The second-order valence-electron chi connectivity index (χ2n) is 11.0. The molecular formula is C31H40N6O5. The predicted octanol–water partition coefficient (Wildman–Crippen LogP) is 4.43. The SMILES string of the molecule is CCOC(=O)c1cnc(N[C@H]2CC[C@@H](Oc3nc(N4CCOCC4)cc4ccccc34)CC2)nc1NC1CCOCC1. The van der Waals surface area contributed by atoms with Crippen molar-refractivity contribution in [2.75, 3.05) is 61.7 Å². The van der Waals surface area contributed by atoms with Crippen LogP contribution in [0.4, 0.5) is 17.6 Å². The summed E-state index contributed by atoms with van der Waals surface area (Å²) in [5.74, 6) is 2.24. The molecule has 3 aliphatic rings. The average molecular weight is 577 g/mol. The lowest BCUT2D eigenvalue weighted by molar-refractivity contribution is 0.0526. The lowest BCUT2D eigenvalue weighted by Crippen LogP contribution is -2.37. The predicted molar refractivity (Wildman–Crippen MR) is 161 cm³/mol. The third kappa shape index (κ3) is 6.84. The van der Waals surface area contributed by atoms with Gasteiger partial charge in [0.1, 0.15) is 23.3 Å². The van der Waals surface area contributed by atoms with Crippen LogP contribution in [0.2, 0.25) is 0 Å². The Kier molecular flexibility index (Phi) is 9.15. The summed E-state index contributed by atoms with van der Waals surface area (Å²) in [7, 11) is 0. The van der Waals surface area contributed by atoms with Gasteiger partial charge in [-0.3, -0.25) is 0 Å². The smallest absolute Gasteiger partial charge is 0.343 e. The monoisotopic (exact) mass is 576 g/mol. The number of aromatic nitrogens is 3. The molecule has 1 saturated carbocycles. The number of fused-ring (bicyclic) bond motifs is 1. The lowest BCUT2D eigenvalue weighted by atomic mass is 9.93. The van der Waals surface area contributed by atoms with Crippen LogP contribution < -0.4 is 20.3 Å². The van der Waals surface area contributed by atoms with Gasteiger partial charge in [-0.15, -0.1) is 0 Å². The maximum atomic E-state index is 12.6. The maximum Gasteiger partial charge on any atom is 0.343 e. The summed E-state index contributed by atoms with van der Waals surface area (Å²) < 4.78 is 22.8. The van der Waals surface area contributed by atoms with Gasteiger partial charge in [-0.1, -0.05) is 18.2 Å². The van der Waals surface area contributed by atoms with E-state index in [2.05, 4.69) is 44.8 Å². The summed E-state index contributed by atoms with van der Waals surface area (Å²) in [6.07, 6.45) is 6.97. The normalized spacial score (nSPS) is 21.6. The van der Waals surface area contributed by atoms with Crippen LogP contribution in [-0.4, -0.2) is 85.2 Å². The fraction of sp³-hybridized carbons (Fsp3) is 0.548. The highest BCUT2D eigenvalue weighted by atomic mass is 16.5. The van der Waals surface area contributed by atoms with E-state index >= 15 is 0 Å². The van der Waals surface area contributed by atoms with Crippen molar-refractivity contribution >= 4 is 34.3 Å². The van der Waals surface area contributed by atoms with E-state index in [9.17, 15) is 4.79 Å². The lowest BCUT2D eigenvalue weighted by Gasteiger charge is -2.31. The van der Waals surface area contributed by atoms with Crippen LogP contribution in [-0.2, 0) is 14.2 Å². The zero-order chi connectivity index (χ0) is 28.7. The maximum absolute atomic E-state index is 12.6. The summed E-state index contributed by atoms with van der Waals surface area (Å²) >= 11 is 0. The second kappa shape index (κ2) is 13.5. The fourth-order valence-electron chi connectivity index (χ4n) is 5.82. The zero-order valence-electron chi connectivity index (χ0n) is 24.2. The highest BCUT2D eigenvalue weighted by Crippen LogP contribution is 2.32. The number of rotatable bonds is 9. The van der Waals surface area contributed by atoms with Crippen molar-refractivity contribution in [1.82, 2.24) is 15.0 Å². The number of pyridine rings is 1. The molecule has 11 nitrogen and oxygen atoms in total. The van der Waals surface area contributed by atoms with Crippen molar-refractivity contribution in [1.29, 1.82) is 0 Å². The van der Waals surface area contributed by atoms with Gasteiger partial charge in [-0.05, 0) is 63.0 Å². The summed E-state index contributed by atoms with van der Waals surface area (Å²) in [5, 5.41) is 9.10. The van der Waals surface area contributed by atoms with Crippen LogP contribution in [0.1, 0.15) is 55.8 Å². The van der Waals surface area contributed by atoms with Crippen LogP contribution in [0.15, 0.2) is 36.5 Å². The van der Waals surface area contributed by atoms with Crippen molar-refractivity contribution in [3.05, 3.63) is 42.1 Å². The van der Waals surface area contributed by atoms with Gasteiger partial charge in [-0.2, -0.15) is 9.97 Å². The van der Waals surface area contributed by atoms with E-state index in [1.807, 2.05) is 6.07 Å². The van der Waals surface area contributed by atoms with Crippen molar-refractivity contribution < 1.29 is 23.7 Å². The minimum atomic E-state index is -0.421. The largest absolute Gasteiger partial charge is 0.474 e. The van der Waals surface area contributed by atoms with Gasteiger partial charge in [0.15, 0.2) is 0 Å². The van der Waals surface area contributed by atoms with Gasteiger partial charge in [-0.25, -0.2) is 9.78 Å². The molecule has 6 rings (SSSR count). The number of benzene rings is 1. The molecule has 0 amide bonds. The summed E-state index contributed by atoms with van der Waals surface area (Å²) in [6, 6.07) is 10.8. The van der Waals surface area contributed by atoms with Crippen LogP contribution in [0.3, 0.4) is 0 Å². The number of nitrogens with one attached hydrogen (secondary N) is 2. The number of hydrogen-bond donors (Lipinski definition) is 2. The first-order chi connectivity index (χ1) is 20.7. The highest BCUT2D eigenvalue weighted by Gasteiger charge is 2.26. The number of carbonyl (C=O) groups is 1. The molecule has 0 spiro atoms. The van der Waals surface area contributed by atoms with Gasteiger partial charge < -0.3 is 34.5 Å². The molecule has 0 radical (unpaired) electrons. The average Bonchev–Trinajstić information content (AvgIpc) is 3.03. The molecule has 0 unspecified atom stereocenters. The van der Waals surface area contributed by atoms with Crippen LogP contribution in [0.25, 0.3) is 10.8 Å². The van der Waals surface area contributed by atoms with Gasteiger partial charge in [0.25, 0.3) is 0 Å². The van der Waals surface area contributed by atoms with Crippen molar-refractivity contribution in [2.45, 2.75) is 63.6 Å². The molecule has 3 aromatic rings. The van der Waals surface area contributed by atoms with Gasteiger partial charge in [0.05, 0.1) is 19.8 Å². The molecule has 1 aromatic carbocycles. The molecule has 1 aliphatic carbocycles. The molecule has 4 heterocycles. The number of esters is 1. The Balaban J connectivity index is 1.10. The standard InChI is InChI=1S/C31H40N6O5/c1-2-41-30(38)26-20-32-31(36-28(26)33-23-11-15-39-16-12-23)34-22-7-9-24(10-8-22)42-29-25-6-4-3-5-21(25)19-27(35-29)37-13-17-40-18-14-37/h3-6,19-20,22-24H,2,7-18H2,1H3,(H2,32,33,34,36)/t22-,24+. The topological polar surface area (TPSA) is 120 Å². The Labute approximate surface area is 246 Å². The Morgan fingerprint density at radius 3 is 2.48 bits per heavy atom. The number of hydrogen-bond acceptors (Lipinski definition) is 11. The summed E-state index contributed by atoms with van der Waals surface area (Å²) in [5.41, 5.74) is 0.352. The van der Waals surface area contributed by atoms with Crippen LogP contribution >= 0.6 is 0 Å². The van der Waals surface area contributed by atoms with Crippen molar-refractivity contribution in [3.8, 4) is 5.88 Å². The fourth-order valence-corrected chi connectivity index (χ4v) is 5.82. The van der Waals surface area contributed by atoms with Crippen LogP contribution in [0.5, 0.6) is 5.88 Å². The Hall–Kier alpha value is -3.70. The quantitative estimate of drug-likeness (QED) is 0.352. The number of carbonyl (C=O) groups excluding carboxylic acids is 1. The van der Waals surface area contributed by atoms with E-state index in [0.717, 1.165) is 68.2 Å². The Bertz CT molecular complexity index is 1350. The molecule has 3 fully saturated rings. The molecular weight excluding hydrogens is 536 g/mol. The first-order valence-corrected chi connectivity index (χ1v) is 15.2. The first kappa shape index (κ1) is 28.4. The van der Waals surface area contributed by atoms with E-state index in [1.165, 1.54) is 0 Å². The molecule has 0 bridgehead atoms. The van der Waals surface area contributed by atoms with E-state index in [0.29, 0.717) is 56.2 Å². The van der Waals surface area contributed by atoms with Gasteiger partial charge in [0.2, 0.25) is 11.8 Å². The Morgan fingerprint density at radius 2 is 1.69 bits per heavy atom.